The zero-order valence-electron chi connectivity index (χ0n) is 11.9. The molecule has 0 saturated heterocycles. The van der Waals surface area contributed by atoms with Gasteiger partial charge in [0.05, 0.1) is 7.11 Å². The van der Waals surface area contributed by atoms with Gasteiger partial charge in [-0.15, -0.1) is 0 Å². The molecule has 1 aromatic carbocycles. The van der Waals surface area contributed by atoms with Crippen molar-refractivity contribution in [3.63, 3.8) is 0 Å². The van der Waals surface area contributed by atoms with E-state index in [2.05, 4.69) is 15.0 Å². The molecule has 0 saturated carbocycles. The fourth-order valence-electron chi connectivity index (χ4n) is 1.84. The molecule has 22 heavy (non-hydrogen) atoms. The van der Waals surface area contributed by atoms with Gasteiger partial charge < -0.3 is 15.2 Å². The summed E-state index contributed by atoms with van der Waals surface area (Å²) in [6, 6.07) is 7.05. The van der Waals surface area contributed by atoms with Gasteiger partial charge in [-0.2, -0.15) is 0 Å². The number of hydrogen-bond acceptors (Lipinski definition) is 6. The Morgan fingerprint density at radius 1 is 1.45 bits per heavy atom. The van der Waals surface area contributed by atoms with Crippen LogP contribution in [0.5, 0.6) is 0 Å². The highest BCUT2D eigenvalue weighted by Gasteiger charge is 2.26. The standard InChI is InChI=1S/C14H14Cl2N2O3S/c1-14(20,8-5-3-4-6-9(8)15)7-17-13-18-11(16)10(22-13)12(19)21-2/h3-6,20H,7H2,1-2H3,(H,17,18). The Kier molecular flexibility index (Phi) is 5.28. The van der Waals surface area contributed by atoms with Gasteiger partial charge in [0, 0.05) is 17.1 Å². The molecular weight excluding hydrogens is 347 g/mol. The largest absolute Gasteiger partial charge is 0.465 e. The van der Waals surface area contributed by atoms with Crippen LogP contribution < -0.4 is 5.32 Å². The Hall–Kier alpha value is -1.34. The number of esters is 1. The minimum atomic E-state index is -1.21. The number of aliphatic hydroxyl groups is 1. The summed E-state index contributed by atoms with van der Waals surface area (Å²) in [5.41, 5.74) is -0.609. The number of hydrogen-bond donors (Lipinski definition) is 2. The van der Waals surface area contributed by atoms with E-state index in [0.717, 1.165) is 11.3 Å². The van der Waals surface area contributed by atoms with Crippen LogP contribution in [0.15, 0.2) is 24.3 Å². The average molecular weight is 361 g/mol. The van der Waals surface area contributed by atoms with E-state index >= 15 is 0 Å². The summed E-state index contributed by atoms with van der Waals surface area (Å²) in [5.74, 6) is -0.548. The van der Waals surface area contributed by atoms with Crippen molar-refractivity contribution in [3.8, 4) is 0 Å². The predicted octanol–water partition coefficient (Wildman–Crippen LogP) is 3.56. The second-order valence-corrected chi connectivity index (χ2v) is 6.50. The van der Waals surface area contributed by atoms with Crippen molar-refractivity contribution in [2.45, 2.75) is 12.5 Å². The van der Waals surface area contributed by atoms with Crippen LogP contribution in [-0.4, -0.2) is 29.7 Å². The average Bonchev–Trinajstić information content (AvgIpc) is 2.86. The third-order valence-electron chi connectivity index (χ3n) is 2.99. The number of aromatic nitrogens is 1. The number of nitrogens with one attached hydrogen (secondary N) is 1. The van der Waals surface area contributed by atoms with E-state index in [9.17, 15) is 9.90 Å². The number of thiazole rings is 1. The van der Waals surface area contributed by atoms with Gasteiger partial charge in [-0.3, -0.25) is 0 Å². The van der Waals surface area contributed by atoms with Crippen molar-refractivity contribution >= 4 is 45.6 Å². The lowest BCUT2D eigenvalue weighted by Crippen LogP contribution is -2.31. The number of benzene rings is 1. The highest BCUT2D eigenvalue weighted by molar-refractivity contribution is 7.18. The van der Waals surface area contributed by atoms with Crippen LogP contribution in [0.3, 0.4) is 0 Å². The lowest BCUT2D eigenvalue weighted by atomic mass is 9.96. The van der Waals surface area contributed by atoms with Crippen LogP contribution >= 0.6 is 34.5 Å². The minimum absolute atomic E-state index is 0.0664. The molecular formula is C14H14Cl2N2O3S. The van der Waals surface area contributed by atoms with Gasteiger partial charge in [0.25, 0.3) is 0 Å². The fraction of sp³-hybridized carbons (Fsp3) is 0.286. The van der Waals surface area contributed by atoms with Crippen LogP contribution in [-0.2, 0) is 10.3 Å². The molecule has 0 radical (unpaired) electrons. The second kappa shape index (κ2) is 6.83. The molecule has 1 aromatic heterocycles. The topological polar surface area (TPSA) is 71.5 Å². The molecule has 1 heterocycles. The Bertz CT molecular complexity index is 688. The van der Waals surface area contributed by atoms with E-state index in [4.69, 9.17) is 23.2 Å². The van der Waals surface area contributed by atoms with Crippen LogP contribution in [0.4, 0.5) is 5.13 Å². The molecule has 2 rings (SSSR count). The van der Waals surface area contributed by atoms with E-state index in [-0.39, 0.29) is 16.6 Å². The zero-order chi connectivity index (χ0) is 16.3. The number of rotatable bonds is 5. The van der Waals surface area contributed by atoms with Crippen molar-refractivity contribution in [2.75, 3.05) is 19.0 Å². The van der Waals surface area contributed by atoms with Gasteiger partial charge in [0.15, 0.2) is 15.2 Å². The second-order valence-electron chi connectivity index (χ2n) is 4.74. The van der Waals surface area contributed by atoms with Gasteiger partial charge in [-0.25, -0.2) is 9.78 Å². The maximum absolute atomic E-state index is 11.5. The van der Waals surface area contributed by atoms with Crippen molar-refractivity contribution in [2.24, 2.45) is 0 Å². The SMILES string of the molecule is COC(=O)c1sc(NCC(C)(O)c2ccccc2Cl)nc1Cl. The predicted molar refractivity (Wildman–Crippen MR) is 88.0 cm³/mol. The van der Waals surface area contributed by atoms with Crippen LogP contribution in [0.2, 0.25) is 10.2 Å². The Balaban J connectivity index is 2.13. The van der Waals surface area contributed by atoms with Crippen molar-refractivity contribution < 1.29 is 14.6 Å². The first-order valence-electron chi connectivity index (χ1n) is 6.31. The quantitative estimate of drug-likeness (QED) is 0.797. The summed E-state index contributed by atoms with van der Waals surface area (Å²) in [5, 5.41) is 14.5. The van der Waals surface area contributed by atoms with E-state index in [1.54, 1.807) is 31.2 Å². The molecule has 0 aliphatic rings. The summed E-state index contributed by atoms with van der Waals surface area (Å²) >= 11 is 13.0. The summed E-state index contributed by atoms with van der Waals surface area (Å²) in [7, 11) is 1.27. The Morgan fingerprint density at radius 3 is 2.77 bits per heavy atom. The fourth-order valence-corrected chi connectivity index (χ4v) is 3.27. The lowest BCUT2D eigenvalue weighted by Gasteiger charge is -2.25. The summed E-state index contributed by atoms with van der Waals surface area (Å²) in [6.45, 7) is 1.79. The molecule has 0 fully saturated rings. The van der Waals surface area contributed by atoms with Gasteiger partial charge in [0.1, 0.15) is 5.60 Å². The lowest BCUT2D eigenvalue weighted by molar-refractivity contribution is 0.0606. The van der Waals surface area contributed by atoms with Gasteiger partial charge in [-0.1, -0.05) is 52.7 Å². The molecule has 0 amide bonds. The Morgan fingerprint density at radius 2 is 2.14 bits per heavy atom. The van der Waals surface area contributed by atoms with Crippen LogP contribution in [0.25, 0.3) is 0 Å². The molecule has 8 heteroatoms. The zero-order valence-corrected chi connectivity index (χ0v) is 14.2. The van der Waals surface area contributed by atoms with E-state index in [1.165, 1.54) is 7.11 Å². The molecule has 0 aliphatic heterocycles. The molecule has 2 N–H and O–H groups in total. The van der Waals surface area contributed by atoms with E-state index in [1.807, 2.05) is 0 Å². The number of halogens is 2. The smallest absolute Gasteiger partial charge is 0.351 e. The molecule has 118 valence electrons. The first-order valence-corrected chi connectivity index (χ1v) is 7.88. The minimum Gasteiger partial charge on any atom is -0.465 e. The van der Waals surface area contributed by atoms with Crippen molar-refractivity contribution in [1.82, 2.24) is 4.98 Å². The molecule has 5 nitrogen and oxygen atoms in total. The monoisotopic (exact) mass is 360 g/mol. The maximum atomic E-state index is 11.5. The third kappa shape index (κ3) is 3.70. The third-order valence-corrected chi connectivity index (χ3v) is 4.70. The first kappa shape index (κ1) is 17.0. The van der Waals surface area contributed by atoms with Crippen LogP contribution in [0.1, 0.15) is 22.2 Å². The number of methoxy groups -OCH3 is 1. The normalized spacial score (nSPS) is 13.5. The van der Waals surface area contributed by atoms with E-state index < -0.39 is 11.6 Å². The number of anilines is 1. The number of ether oxygens (including phenoxy) is 1. The highest BCUT2D eigenvalue weighted by atomic mass is 35.5. The molecule has 0 bridgehead atoms. The van der Waals surface area contributed by atoms with Gasteiger partial charge in [0.2, 0.25) is 0 Å². The van der Waals surface area contributed by atoms with Crippen molar-refractivity contribution in [3.05, 3.63) is 44.9 Å². The number of carbonyl (C=O) groups is 1. The first-order chi connectivity index (χ1) is 10.3. The van der Waals surface area contributed by atoms with Gasteiger partial charge in [-0.05, 0) is 13.0 Å². The molecule has 2 aromatic rings. The number of nitrogens with zero attached hydrogens (tertiary/aromatic N) is 1. The van der Waals surface area contributed by atoms with Gasteiger partial charge >= 0.3 is 5.97 Å². The maximum Gasteiger partial charge on any atom is 0.351 e. The molecule has 1 unspecified atom stereocenters. The molecule has 1 atom stereocenters. The van der Waals surface area contributed by atoms with Crippen LogP contribution in [0, 0.1) is 0 Å². The molecule has 0 aliphatic carbocycles. The summed E-state index contributed by atoms with van der Waals surface area (Å²) < 4.78 is 4.61. The summed E-state index contributed by atoms with van der Waals surface area (Å²) in [6.07, 6.45) is 0. The Labute approximate surface area is 141 Å². The molecule has 0 spiro atoms. The highest BCUT2D eigenvalue weighted by Crippen LogP contribution is 2.31. The van der Waals surface area contributed by atoms with E-state index in [0.29, 0.717) is 15.7 Å². The van der Waals surface area contributed by atoms with Crippen molar-refractivity contribution in [1.29, 1.82) is 0 Å². The number of carbonyl (C=O) groups excluding carboxylic acids is 1. The summed E-state index contributed by atoms with van der Waals surface area (Å²) in [4.78, 5) is 15.7.